The van der Waals surface area contributed by atoms with Crippen molar-refractivity contribution in [3.05, 3.63) is 101 Å². The highest BCUT2D eigenvalue weighted by molar-refractivity contribution is 7.92. The van der Waals surface area contributed by atoms with Gasteiger partial charge in [-0.15, -0.1) is 0 Å². The number of halogens is 1. The molecule has 0 heterocycles. The molecule has 3 aromatic rings. The molecule has 0 aliphatic carbocycles. The third kappa shape index (κ3) is 7.19. The van der Waals surface area contributed by atoms with E-state index in [0.29, 0.717) is 12.2 Å². The van der Waals surface area contributed by atoms with Gasteiger partial charge in [0.15, 0.2) is 0 Å². The van der Waals surface area contributed by atoms with E-state index >= 15 is 0 Å². The highest BCUT2D eigenvalue weighted by Gasteiger charge is 2.33. The molecule has 7 nitrogen and oxygen atoms in total. The molecule has 3 rings (SSSR count). The van der Waals surface area contributed by atoms with Crippen molar-refractivity contribution in [2.24, 2.45) is 0 Å². The van der Waals surface area contributed by atoms with E-state index in [2.05, 4.69) is 5.32 Å². The Kier molecular flexibility index (Phi) is 9.63. The average molecular weight is 540 g/mol. The van der Waals surface area contributed by atoms with Crippen LogP contribution in [0, 0.1) is 19.7 Å². The molecule has 0 saturated carbocycles. The van der Waals surface area contributed by atoms with Crippen LogP contribution in [0.4, 0.5) is 10.1 Å². The van der Waals surface area contributed by atoms with Gasteiger partial charge in [0.05, 0.1) is 11.9 Å². The van der Waals surface area contributed by atoms with Crippen molar-refractivity contribution in [2.75, 3.05) is 23.7 Å². The number of hydrogen-bond acceptors (Lipinski definition) is 4. The topological polar surface area (TPSA) is 86.8 Å². The summed E-state index contributed by atoms with van der Waals surface area (Å²) in [5.74, 6) is -1.54. The SMILES string of the molecule is CCNC(=O)[C@@H](Cc1ccccc1)N(Cc1ccccc1F)C(=O)CN(c1cccc(C)c1C)S(C)(=O)=O. The van der Waals surface area contributed by atoms with Crippen LogP contribution in [0.2, 0.25) is 0 Å². The predicted molar refractivity (Wildman–Crippen MR) is 148 cm³/mol. The number of carbonyl (C=O) groups excluding carboxylic acids is 2. The van der Waals surface area contributed by atoms with Crippen molar-refractivity contribution in [1.29, 1.82) is 0 Å². The van der Waals surface area contributed by atoms with Gasteiger partial charge in [-0.05, 0) is 49.6 Å². The molecule has 0 saturated heterocycles. The maximum absolute atomic E-state index is 14.7. The van der Waals surface area contributed by atoms with Crippen LogP contribution in [-0.4, -0.2) is 50.5 Å². The van der Waals surface area contributed by atoms with Gasteiger partial charge in [0, 0.05) is 25.1 Å². The van der Waals surface area contributed by atoms with Gasteiger partial charge in [0.25, 0.3) is 0 Å². The van der Waals surface area contributed by atoms with Crippen molar-refractivity contribution >= 4 is 27.5 Å². The Balaban J connectivity index is 2.08. The fourth-order valence-corrected chi connectivity index (χ4v) is 5.16. The predicted octanol–water partition coefficient (Wildman–Crippen LogP) is 3.98. The number of amides is 2. The smallest absolute Gasteiger partial charge is 0.244 e. The van der Waals surface area contributed by atoms with Gasteiger partial charge in [-0.1, -0.05) is 60.7 Å². The largest absolute Gasteiger partial charge is 0.355 e. The Morgan fingerprint density at radius 1 is 0.947 bits per heavy atom. The van der Waals surface area contributed by atoms with E-state index in [1.54, 1.807) is 44.2 Å². The second kappa shape index (κ2) is 12.7. The first-order chi connectivity index (χ1) is 18.0. The molecule has 1 N–H and O–H groups in total. The van der Waals surface area contributed by atoms with Gasteiger partial charge < -0.3 is 10.2 Å². The molecule has 0 bridgehead atoms. The third-order valence-corrected chi connectivity index (χ3v) is 7.57. The van der Waals surface area contributed by atoms with E-state index in [1.165, 1.54) is 11.0 Å². The molecule has 0 aromatic heterocycles. The Bertz CT molecular complexity index is 1380. The molecular weight excluding hydrogens is 505 g/mol. The van der Waals surface area contributed by atoms with E-state index in [4.69, 9.17) is 0 Å². The van der Waals surface area contributed by atoms with Gasteiger partial charge in [-0.3, -0.25) is 13.9 Å². The molecule has 0 unspecified atom stereocenters. The van der Waals surface area contributed by atoms with Gasteiger partial charge in [-0.2, -0.15) is 0 Å². The molecule has 0 radical (unpaired) electrons. The summed E-state index contributed by atoms with van der Waals surface area (Å²) in [6, 6.07) is 19.5. The maximum Gasteiger partial charge on any atom is 0.244 e. The normalized spacial score (nSPS) is 12.0. The van der Waals surface area contributed by atoms with E-state index < -0.39 is 40.2 Å². The Morgan fingerprint density at radius 3 is 2.24 bits per heavy atom. The van der Waals surface area contributed by atoms with Crippen molar-refractivity contribution in [2.45, 2.75) is 39.8 Å². The summed E-state index contributed by atoms with van der Waals surface area (Å²) < 4.78 is 41.5. The van der Waals surface area contributed by atoms with Crippen LogP contribution >= 0.6 is 0 Å². The fourth-order valence-electron chi connectivity index (χ4n) is 4.26. The minimum absolute atomic E-state index is 0.176. The van der Waals surface area contributed by atoms with Crippen LogP contribution in [-0.2, 0) is 32.6 Å². The number of sulfonamides is 1. The number of hydrogen-bond donors (Lipinski definition) is 1. The molecule has 9 heteroatoms. The molecule has 202 valence electrons. The highest BCUT2D eigenvalue weighted by atomic mass is 32.2. The van der Waals surface area contributed by atoms with Gasteiger partial charge in [0.1, 0.15) is 18.4 Å². The number of benzene rings is 3. The number of likely N-dealkylation sites (N-methyl/N-ethyl adjacent to an activating group) is 1. The summed E-state index contributed by atoms with van der Waals surface area (Å²) in [6.45, 7) is 5.01. The van der Waals surface area contributed by atoms with Crippen LogP contribution in [0.25, 0.3) is 0 Å². The third-order valence-electron chi connectivity index (χ3n) is 6.44. The molecule has 0 fully saturated rings. The number of nitrogens with one attached hydrogen (secondary N) is 1. The summed E-state index contributed by atoms with van der Waals surface area (Å²) in [7, 11) is -3.87. The summed E-state index contributed by atoms with van der Waals surface area (Å²) >= 11 is 0. The van der Waals surface area contributed by atoms with E-state index in [0.717, 1.165) is 27.3 Å². The zero-order valence-electron chi connectivity index (χ0n) is 22.1. The fraction of sp³-hybridized carbons (Fsp3) is 0.310. The number of rotatable bonds is 11. The van der Waals surface area contributed by atoms with Crippen LogP contribution < -0.4 is 9.62 Å². The number of anilines is 1. The lowest BCUT2D eigenvalue weighted by Gasteiger charge is -2.34. The molecule has 38 heavy (non-hydrogen) atoms. The number of nitrogens with zero attached hydrogens (tertiary/aromatic N) is 2. The summed E-state index contributed by atoms with van der Waals surface area (Å²) in [6.07, 6.45) is 1.21. The zero-order chi connectivity index (χ0) is 27.9. The first kappa shape index (κ1) is 28.8. The van der Waals surface area contributed by atoms with E-state index in [-0.39, 0.29) is 18.5 Å². The van der Waals surface area contributed by atoms with Gasteiger partial charge in [0.2, 0.25) is 21.8 Å². The van der Waals surface area contributed by atoms with E-state index in [9.17, 15) is 22.4 Å². The van der Waals surface area contributed by atoms with Crippen LogP contribution in [0.5, 0.6) is 0 Å². The molecule has 0 spiro atoms. The molecular formula is C29H34FN3O4S. The molecule has 0 aliphatic rings. The van der Waals surface area contributed by atoms with Crippen molar-refractivity contribution in [3.8, 4) is 0 Å². The van der Waals surface area contributed by atoms with Crippen LogP contribution in [0.1, 0.15) is 29.2 Å². The standard InChI is InChI=1S/C29H34FN3O4S/c1-5-31-29(35)27(18-23-13-7-6-8-14-23)32(19-24-15-9-10-16-25(24)30)28(34)20-33(38(4,36)37)26-17-11-12-21(2)22(26)3/h6-17,27H,5,18-20H2,1-4H3,(H,31,35)/t27-/m1/s1. The zero-order valence-corrected chi connectivity index (χ0v) is 23.0. The second-order valence-electron chi connectivity index (χ2n) is 9.20. The Hall–Kier alpha value is -3.72. The van der Waals surface area contributed by atoms with Crippen LogP contribution in [0.3, 0.4) is 0 Å². The average Bonchev–Trinajstić information content (AvgIpc) is 2.87. The van der Waals surface area contributed by atoms with Crippen LogP contribution in [0.15, 0.2) is 72.8 Å². The number of aryl methyl sites for hydroxylation is 1. The first-order valence-corrected chi connectivity index (χ1v) is 14.3. The molecule has 1 atom stereocenters. The Morgan fingerprint density at radius 2 is 1.61 bits per heavy atom. The highest BCUT2D eigenvalue weighted by Crippen LogP contribution is 2.26. The monoisotopic (exact) mass is 539 g/mol. The lowest BCUT2D eigenvalue weighted by Crippen LogP contribution is -2.53. The summed E-state index contributed by atoms with van der Waals surface area (Å²) in [5.41, 5.74) is 3.00. The Labute approximate surface area is 224 Å². The lowest BCUT2D eigenvalue weighted by atomic mass is 10.0. The number of carbonyl (C=O) groups is 2. The lowest BCUT2D eigenvalue weighted by molar-refractivity contribution is -0.140. The van der Waals surface area contributed by atoms with Crippen molar-refractivity contribution in [3.63, 3.8) is 0 Å². The van der Waals surface area contributed by atoms with Crippen molar-refractivity contribution in [1.82, 2.24) is 10.2 Å². The van der Waals surface area contributed by atoms with Crippen molar-refractivity contribution < 1.29 is 22.4 Å². The summed E-state index contributed by atoms with van der Waals surface area (Å²) in [4.78, 5) is 28.5. The molecule has 2 amide bonds. The van der Waals surface area contributed by atoms with Gasteiger partial charge >= 0.3 is 0 Å². The molecule has 3 aromatic carbocycles. The molecule has 0 aliphatic heterocycles. The van der Waals surface area contributed by atoms with Gasteiger partial charge in [-0.25, -0.2) is 12.8 Å². The first-order valence-electron chi connectivity index (χ1n) is 12.4. The minimum atomic E-state index is -3.87. The minimum Gasteiger partial charge on any atom is -0.355 e. The summed E-state index contributed by atoms with van der Waals surface area (Å²) in [5, 5.41) is 2.78. The maximum atomic E-state index is 14.7. The van der Waals surface area contributed by atoms with E-state index in [1.807, 2.05) is 43.3 Å². The quantitative estimate of drug-likeness (QED) is 0.399. The second-order valence-corrected chi connectivity index (χ2v) is 11.1.